The van der Waals surface area contributed by atoms with Crippen LogP contribution in [0.3, 0.4) is 0 Å². The Balaban J connectivity index is 1.52. The molecule has 1 aliphatic heterocycles. The minimum atomic E-state index is -0.342. The highest BCUT2D eigenvalue weighted by atomic mass is 19.1. The Bertz CT molecular complexity index is 1020. The Morgan fingerprint density at radius 3 is 2.38 bits per heavy atom. The van der Waals surface area contributed by atoms with Crippen molar-refractivity contribution in [1.29, 1.82) is 0 Å². The number of benzene rings is 1. The van der Waals surface area contributed by atoms with Gasteiger partial charge in [-0.15, -0.1) is 0 Å². The fourth-order valence-electron chi connectivity index (χ4n) is 3.44. The Hall–Kier alpha value is -3.35. The van der Waals surface area contributed by atoms with Gasteiger partial charge in [-0.1, -0.05) is 0 Å². The maximum absolute atomic E-state index is 13.1. The standard InChI is InChI=1S/C22H22FN5O/c1-15-16(2)25-20(18-4-3-9-24-14-18)26-21(15)27-10-12-28(13-11-27)22(29)17-5-7-19(23)8-6-17/h3-9,14H,10-13H2,1-2H3. The van der Waals surface area contributed by atoms with Gasteiger partial charge >= 0.3 is 0 Å². The third-order valence-corrected chi connectivity index (χ3v) is 5.24. The first-order valence-electron chi connectivity index (χ1n) is 9.58. The van der Waals surface area contributed by atoms with E-state index in [0.29, 0.717) is 37.6 Å². The molecule has 0 N–H and O–H groups in total. The summed E-state index contributed by atoms with van der Waals surface area (Å²) in [5, 5.41) is 0. The second-order valence-electron chi connectivity index (χ2n) is 7.11. The van der Waals surface area contributed by atoms with Gasteiger partial charge in [0.2, 0.25) is 0 Å². The topological polar surface area (TPSA) is 62.2 Å². The third-order valence-electron chi connectivity index (χ3n) is 5.24. The van der Waals surface area contributed by atoms with Gasteiger partial charge in [0.25, 0.3) is 5.91 Å². The molecule has 0 radical (unpaired) electrons. The van der Waals surface area contributed by atoms with E-state index in [1.165, 1.54) is 24.3 Å². The number of amides is 1. The van der Waals surface area contributed by atoms with E-state index in [9.17, 15) is 9.18 Å². The Morgan fingerprint density at radius 2 is 1.72 bits per heavy atom. The highest BCUT2D eigenvalue weighted by molar-refractivity contribution is 5.94. The number of pyridine rings is 1. The number of hydrogen-bond acceptors (Lipinski definition) is 5. The van der Waals surface area contributed by atoms with Gasteiger partial charge in [0.15, 0.2) is 5.82 Å². The van der Waals surface area contributed by atoms with Crippen LogP contribution in [0.2, 0.25) is 0 Å². The molecule has 0 saturated carbocycles. The van der Waals surface area contributed by atoms with Crippen molar-refractivity contribution in [3.05, 3.63) is 71.4 Å². The molecule has 1 aromatic carbocycles. The highest BCUT2D eigenvalue weighted by Crippen LogP contribution is 2.25. The van der Waals surface area contributed by atoms with Crippen molar-refractivity contribution in [3.63, 3.8) is 0 Å². The average Bonchev–Trinajstić information content (AvgIpc) is 2.76. The van der Waals surface area contributed by atoms with E-state index in [2.05, 4.69) is 14.9 Å². The molecule has 2 aromatic heterocycles. The van der Waals surface area contributed by atoms with Crippen molar-refractivity contribution in [3.8, 4) is 11.4 Å². The summed E-state index contributed by atoms with van der Waals surface area (Å²) in [6.07, 6.45) is 3.48. The summed E-state index contributed by atoms with van der Waals surface area (Å²) in [5.41, 5.74) is 3.35. The van der Waals surface area contributed by atoms with Crippen LogP contribution >= 0.6 is 0 Å². The SMILES string of the molecule is Cc1nc(-c2cccnc2)nc(N2CCN(C(=O)c3ccc(F)cc3)CC2)c1C. The zero-order valence-electron chi connectivity index (χ0n) is 16.5. The first kappa shape index (κ1) is 19.0. The fraction of sp³-hybridized carbons (Fsp3) is 0.273. The monoisotopic (exact) mass is 391 g/mol. The van der Waals surface area contributed by atoms with Crippen LogP contribution in [0.4, 0.5) is 10.2 Å². The van der Waals surface area contributed by atoms with Gasteiger partial charge in [-0.25, -0.2) is 14.4 Å². The van der Waals surface area contributed by atoms with Gasteiger partial charge in [-0.05, 0) is 50.2 Å². The van der Waals surface area contributed by atoms with E-state index in [-0.39, 0.29) is 11.7 Å². The van der Waals surface area contributed by atoms with Crippen molar-refractivity contribution >= 4 is 11.7 Å². The molecule has 0 unspecified atom stereocenters. The zero-order valence-corrected chi connectivity index (χ0v) is 16.5. The number of piperazine rings is 1. The lowest BCUT2D eigenvalue weighted by molar-refractivity contribution is 0.0746. The van der Waals surface area contributed by atoms with Crippen molar-refractivity contribution in [1.82, 2.24) is 19.9 Å². The van der Waals surface area contributed by atoms with Gasteiger partial charge in [-0.2, -0.15) is 0 Å². The lowest BCUT2D eigenvalue weighted by atomic mass is 10.1. The molecule has 29 heavy (non-hydrogen) atoms. The van der Waals surface area contributed by atoms with Crippen LogP contribution in [0.5, 0.6) is 0 Å². The molecule has 1 aliphatic rings. The number of aryl methyl sites for hydroxylation is 1. The molecule has 0 bridgehead atoms. The molecule has 0 atom stereocenters. The lowest BCUT2D eigenvalue weighted by Gasteiger charge is -2.36. The van der Waals surface area contributed by atoms with E-state index >= 15 is 0 Å². The molecule has 148 valence electrons. The summed E-state index contributed by atoms with van der Waals surface area (Å²) in [4.78, 5) is 30.2. The average molecular weight is 391 g/mol. The quantitative estimate of drug-likeness (QED) is 0.686. The van der Waals surface area contributed by atoms with E-state index in [0.717, 1.165) is 22.6 Å². The van der Waals surface area contributed by atoms with Crippen molar-refractivity contribution in [2.45, 2.75) is 13.8 Å². The molecule has 3 heterocycles. The van der Waals surface area contributed by atoms with Crippen LogP contribution in [0, 0.1) is 19.7 Å². The molecule has 4 rings (SSSR count). The Kier molecular flexibility index (Phi) is 5.20. The molecule has 3 aromatic rings. The number of carbonyl (C=O) groups excluding carboxylic acids is 1. The molecule has 0 spiro atoms. The summed E-state index contributed by atoms with van der Waals surface area (Å²) in [6.45, 7) is 6.53. The molecule has 0 aliphatic carbocycles. The molecule has 6 nitrogen and oxygen atoms in total. The molecule has 1 fully saturated rings. The molecule has 1 saturated heterocycles. The second kappa shape index (κ2) is 7.95. The molecular formula is C22H22FN5O. The Morgan fingerprint density at radius 1 is 1.00 bits per heavy atom. The van der Waals surface area contributed by atoms with E-state index < -0.39 is 0 Å². The minimum absolute atomic E-state index is 0.0729. The lowest BCUT2D eigenvalue weighted by Crippen LogP contribution is -2.49. The van der Waals surface area contributed by atoms with E-state index in [1.807, 2.05) is 26.0 Å². The van der Waals surface area contributed by atoms with Gasteiger partial charge < -0.3 is 9.80 Å². The maximum atomic E-state index is 13.1. The number of carbonyl (C=O) groups is 1. The normalized spacial score (nSPS) is 14.2. The minimum Gasteiger partial charge on any atom is -0.353 e. The smallest absolute Gasteiger partial charge is 0.253 e. The number of aromatic nitrogens is 3. The number of hydrogen-bond donors (Lipinski definition) is 0. The van der Waals surface area contributed by atoms with Crippen molar-refractivity contribution in [2.24, 2.45) is 0 Å². The van der Waals surface area contributed by atoms with Crippen molar-refractivity contribution in [2.75, 3.05) is 31.1 Å². The first-order valence-corrected chi connectivity index (χ1v) is 9.58. The van der Waals surface area contributed by atoms with Crippen LogP contribution in [0.15, 0.2) is 48.8 Å². The van der Waals surface area contributed by atoms with Gasteiger partial charge in [0.1, 0.15) is 11.6 Å². The number of anilines is 1. The predicted octanol–water partition coefficient (Wildman–Crippen LogP) is 3.26. The van der Waals surface area contributed by atoms with Gasteiger partial charge in [0.05, 0.1) is 0 Å². The van der Waals surface area contributed by atoms with E-state index in [4.69, 9.17) is 4.98 Å². The maximum Gasteiger partial charge on any atom is 0.253 e. The largest absolute Gasteiger partial charge is 0.353 e. The summed E-state index contributed by atoms with van der Waals surface area (Å²) in [6, 6.07) is 9.50. The second-order valence-corrected chi connectivity index (χ2v) is 7.11. The van der Waals surface area contributed by atoms with Crippen molar-refractivity contribution < 1.29 is 9.18 Å². The third kappa shape index (κ3) is 3.94. The van der Waals surface area contributed by atoms with Crippen LogP contribution in [-0.2, 0) is 0 Å². The highest BCUT2D eigenvalue weighted by Gasteiger charge is 2.25. The molecular weight excluding hydrogens is 369 g/mol. The fourth-order valence-corrected chi connectivity index (χ4v) is 3.44. The summed E-state index contributed by atoms with van der Waals surface area (Å²) >= 11 is 0. The van der Waals surface area contributed by atoms with Gasteiger partial charge in [-0.3, -0.25) is 9.78 Å². The Labute approximate surface area is 169 Å². The zero-order chi connectivity index (χ0) is 20.4. The van der Waals surface area contributed by atoms with Gasteiger partial charge in [0, 0.05) is 61.0 Å². The molecule has 1 amide bonds. The summed E-state index contributed by atoms with van der Waals surface area (Å²) in [5.74, 6) is 1.13. The number of nitrogens with zero attached hydrogens (tertiary/aromatic N) is 5. The van der Waals surface area contributed by atoms with Crippen LogP contribution in [0.25, 0.3) is 11.4 Å². The van der Waals surface area contributed by atoms with Crippen LogP contribution in [0.1, 0.15) is 21.6 Å². The summed E-state index contributed by atoms with van der Waals surface area (Å²) in [7, 11) is 0. The summed E-state index contributed by atoms with van der Waals surface area (Å²) < 4.78 is 13.1. The molecule has 7 heteroatoms. The van der Waals surface area contributed by atoms with E-state index in [1.54, 1.807) is 17.3 Å². The number of halogens is 1. The first-order chi connectivity index (χ1) is 14.0. The number of rotatable bonds is 3. The van der Waals surface area contributed by atoms with Crippen LogP contribution in [-0.4, -0.2) is 51.9 Å². The predicted molar refractivity (Wildman–Crippen MR) is 109 cm³/mol. The van der Waals surface area contributed by atoms with Crippen LogP contribution < -0.4 is 4.90 Å².